The van der Waals surface area contributed by atoms with Gasteiger partial charge in [-0.25, -0.2) is 14.6 Å². The number of esters is 2. The highest BCUT2D eigenvalue weighted by molar-refractivity contribution is 7.14. The van der Waals surface area contributed by atoms with Crippen LogP contribution in [0.2, 0.25) is 5.02 Å². The number of hydrogen-bond acceptors (Lipinski definition) is 8. The molecule has 1 aliphatic heterocycles. The number of nitrogens with one attached hydrogen (secondary N) is 2. The van der Waals surface area contributed by atoms with Crippen LogP contribution in [-0.4, -0.2) is 42.7 Å². The zero-order valence-corrected chi connectivity index (χ0v) is 21.4. The van der Waals surface area contributed by atoms with E-state index in [-0.39, 0.29) is 0 Å². The van der Waals surface area contributed by atoms with Gasteiger partial charge in [-0.2, -0.15) is 0 Å². The average Bonchev–Trinajstić information content (AvgIpc) is 3.33. The van der Waals surface area contributed by atoms with Gasteiger partial charge in [0.1, 0.15) is 0 Å². The Labute approximate surface area is 213 Å². The molecule has 35 heavy (non-hydrogen) atoms. The summed E-state index contributed by atoms with van der Waals surface area (Å²) in [5, 5.41) is 9.66. The van der Waals surface area contributed by atoms with Crippen LogP contribution in [0.3, 0.4) is 0 Å². The number of carbonyl (C=O) groups excluding carboxylic acids is 2. The van der Waals surface area contributed by atoms with Crippen LogP contribution in [0.15, 0.2) is 71.2 Å². The van der Waals surface area contributed by atoms with Gasteiger partial charge in [-0.05, 0) is 31.5 Å². The van der Waals surface area contributed by atoms with Crippen molar-refractivity contribution < 1.29 is 19.1 Å². The highest BCUT2D eigenvalue weighted by atomic mass is 35.5. The molecule has 182 valence electrons. The lowest BCUT2D eigenvalue weighted by Crippen LogP contribution is -2.66. The van der Waals surface area contributed by atoms with Crippen molar-refractivity contribution in [1.29, 1.82) is 0 Å². The first-order valence-electron chi connectivity index (χ1n) is 11.0. The molecule has 2 aromatic carbocycles. The van der Waals surface area contributed by atoms with Crippen LogP contribution >= 0.6 is 22.9 Å². The number of allylic oxidation sites excluding steroid dienone is 1. The van der Waals surface area contributed by atoms with E-state index < -0.39 is 29.4 Å². The van der Waals surface area contributed by atoms with Crippen LogP contribution in [0.5, 0.6) is 0 Å². The van der Waals surface area contributed by atoms with E-state index in [1.54, 1.807) is 13.0 Å². The molecule has 4 rings (SSSR count). The van der Waals surface area contributed by atoms with Crippen LogP contribution in [-0.2, 0) is 19.1 Å². The first-order chi connectivity index (χ1) is 16.8. The van der Waals surface area contributed by atoms with Crippen molar-refractivity contribution in [3.05, 3.63) is 81.8 Å². The maximum absolute atomic E-state index is 13.6. The summed E-state index contributed by atoms with van der Waals surface area (Å²) in [7, 11) is 2.66. The van der Waals surface area contributed by atoms with Crippen LogP contribution in [0.4, 0.5) is 5.13 Å². The molecule has 3 atom stereocenters. The average molecular weight is 512 g/mol. The van der Waals surface area contributed by atoms with Crippen molar-refractivity contribution in [3.63, 3.8) is 0 Å². The molecule has 0 aliphatic carbocycles. The summed E-state index contributed by atoms with van der Waals surface area (Å²) >= 11 is 7.51. The second-order valence-corrected chi connectivity index (χ2v) is 9.57. The number of nitrogens with zero attached hydrogens (tertiary/aromatic N) is 1. The molecule has 0 radical (unpaired) electrons. The highest BCUT2D eigenvalue weighted by Crippen LogP contribution is 2.45. The van der Waals surface area contributed by atoms with Gasteiger partial charge >= 0.3 is 11.9 Å². The summed E-state index contributed by atoms with van der Waals surface area (Å²) in [4.78, 5) is 31.4. The van der Waals surface area contributed by atoms with Gasteiger partial charge in [0.2, 0.25) is 0 Å². The number of thiazole rings is 1. The van der Waals surface area contributed by atoms with Gasteiger partial charge in [0.15, 0.2) is 10.7 Å². The Kier molecular flexibility index (Phi) is 7.14. The molecule has 0 amide bonds. The Bertz CT molecular complexity index is 1280. The molecule has 0 bridgehead atoms. The summed E-state index contributed by atoms with van der Waals surface area (Å²) in [6, 6.07) is 16.3. The van der Waals surface area contributed by atoms with Crippen LogP contribution in [0.25, 0.3) is 11.3 Å². The topological polar surface area (TPSA) is 89.5 Å². The molecule has 3 aromatic rings. The monoisotopic (exact) mass is 511 g/mol. The zero-order valence-electron chi connectivity index (χ0n) is 19.8. The summed E-state index contributed by atoms with van der Waals surface area (Å²) in [5.41, 5.74) is 1.93. The van der Waals surface area contributed by atoms with Crippen molar-refractivity contribution in [1.82, 2.24) is 10.3 Å². The number of benzene rings is 2. The lowest BCUT2D eigenvalue weighted by molar-refractivity contribution is -0.148. The standard InChI is InChI=1S/C26H26ClN3O4S/c1-15-21(23(31)33-3)22(17-9-6-5-7-10-17)26(16(2)28-15,24(32)34-4)30-25-29-20(14-35-25)18-11-8-12-19(27)13-18/h5-14,16,22,28H,1-4H3,(H,29,30). The summed E-state index contributed by atoms with van der Waals surface area (Å²) < 4.78 is 10.5. The number of aromatic nitrogens is 1. The molecule has 1 aliphatic rings. The third-order valence-corrected chi connectivity index (χ3v) is 7.26. The Balaban J connectivity index is 1.88. The van der Waals surface area contributed by atoms with Gasteiger partial charge in [0.05, 0.1) is 37.4 Å². The molecular formula is C26H26ClN3O4S. The number of halogens is 1. The van der Waals surface area contributed by atoms with Gasteiger partial charge in [0.25, 0.3) is 0 Å². The van der Waals surface area contributed by atoms with Gasteiger partial charge in [-0.3, -0.25) is 0 Å². The normalized spacial score (nSPS) is 21.7. The first kappa shape index (κ1) is 24.8. The van der Waals surface area contributed by atoms with E-state index in [2.05, 4.69) is 10.6 Å². The Morgan fingerprint density at radius 3 is 2.51 bits per heavy atom. The van der Waals surface area contributed by atoms with E-state index in [4.69, 9.17) is 26.1 Å². The molecule has 2 N–H and O–H groups in total. The van der Waals surface area contributed by atoms with Gasteiger partial charge in [-0.1, -0.05) is 54.1 Å². The number of hydrogen-bond donors (Lipinski definition) is 2. The predicted molar refractivity (Wildman–Crippen MR) is 137 cm³/mol. The molecule has 0 spiro atoms. The number of carbonyl (C=O) groups is 2. The highest BCUT2D eigenvalue weighted by Gasteiger charge is 2.58. The Morgan fingerprint density at radius 2 is 1.86 bits per heavy atom. The maximum Gasteiger partial charge on any atom is 0.336 e. The fourth-order valence-corrected chi connectivity index (χ4v) is 5.63. The number of rotatable bonds is 6. The second kappa shape index (κ2) is 10.1. The minimum atomic E-state index is -1.40. The van der Waals surface area contributed by atoms with Crippen molar-refractivity contribution in [2.45, 2.75) is 31.3 Å². The quantitative estimate of drug-likeness (QED) is 0.449. The third kappa shape index (κ3) is 4.51. The lowest BCUT2D eigenvalue weighted by Gasteiger charge is -2.47. The van der Waals surface area contributed by atoms with Crippen molar-refractivity contribution in [3.8, 4) is 11.3 Å². The fourth-order valence-electron chi connectivity index (χ4n) is 4.65. The van der Waals surface area contributed by atoms with Gasteiger partial charge in [-0.15, -0.1) is 11.3 Å². The number of ether oxygens (including phenoxy) is 2. The van der Waals surface area contributed by atoms with Crippen LogP contribution in [0, 0.1) is 0 Å². The number of anilines is 1. The minimum absolute atomic E-state index is 0.348. The SMILES string of the molecule is COC(=O)C1=C(C)NC(C)C(Nc2nc(-c3cccc(Cl)c3)cs2)(C(=O)OC)C1c1ccccc1. The van der Waals surface area contributed by atoms with E-state index in [0.717, 1.165) is 11.1 Å². The largest absolute Gasteiger partial charge is 0.467 e. The van der Waals surface area contributed by atoms with Crippen molar-refractivity contribution in [2.75, 3.05) is 19.5 Å². The van der Waals surface area contributed by atoms with Crippen molar-refractivity contribution in [2.24, 2.45) is 0 Å². The zero-order chi connectivity index (χ0) is 25.2. The van der Waals surface area contributed by atoms with E-state index in [1.165, 1.54) is 25.6 Å². The molecule has 0 saturated heterocycles. The van der Waals surface area contributed by atoms with E-state index in [1.807, 2.05) is 60.8 Å². The van der Waals surface area contributed by atoms with Crippen molar-refractivity contribution >= 4 is 40.0 Å². The minimum Gasteiger partial charge on any atom is -0.467 e. The molecule has 0 saturated carbocycles. The smallest absolute Gasteiger partial charge is 0.336 e. The molecule has 0 fully saturated rings. The lowest BCUT2D eigenvalue weighted by atomic mass is 9.68. The van der Waals surface area contributed by atoms with E-state index in [9.17, 15) is 9.59 Å². The molecule has 7 nitrogen and oxygen atoms in total. The Morgan fingerprint density at radius 1 is 1.11 bits per heavy atom. The molecule has 3 unspecified atom stereocenters. The van der Waals surface area contributed by atoms with E-state index >= 15 is 0 Å². The molecule has 2 heterocycles. The summed E-state index contributed by atoms with van der Waals surface area (Å²) in [6.07, 6.45) is 0. The van der Waals surface area contributed by atoms with Gasteiger partial charge < -0.3 is 20.1 Å². The summed E-state index contributed by atoms with van der Waals surface area (Å²) in [6.45, 7) is 3.68. The third-order valence-electron chi connectivity index (χ3n) is 6.26. The maximum atomic E-state index is 13.6. The summed E-state index contributed by atoms with van der Waals surface area (Å²) in [5.74, 6) is -1.76. The molecule has 9 heteroatoms. The Hall–Kier alpha value is -3.36. The second-order valence-electron chi connectivity index (χ2n) is 8.27. The predicted octanol–water partition coefficient (Wildman–Crippen LogP) is 5.01. The first-order valence-corrected chi connectivity index (χ1v) is 12.3. The number of methoxy groups -OCH3 is 2. The van der Waals surface area contributed by atoms with Crippen LogP contribution in [0.1, 0.15) is 25.3 Å². The molecular weight excluding hydrogens is 486 g/mol. The fraction of sp³-hybridized carbons (Fsp3) is 0.269. The van der Waals surface area contributed by atoms with Gasteiger partial charge in [0, 0.05) is 21.7 Å². The van der Waals surface area contributed by atoms with E-state index in [0.29, 0.717) is 27.1 Å². The van der Waals surface area contributed by atoms with Crippen LogP contribution < -0.4 is 10.6 Å². The molecule has 1 aromatic heterocycles.